The summed E-state index contributed by atoms with van der Waals surface area (Å²) in [7, 11) is 0. The Morgan fingerprint density at radius 2 is 1.04 bits per heavy atom. The van der Waals surface area contributed by atoms with Crippen molar-refractivity contribution in [3.63, 3.8) is 0 Å². The molecule has 18 nitrogen and oxygen atoms in total. The highest BCUT2D eigenvalue weighted by Gasteiger charge is 2.34. The molecule has 4 N–H and O–H groups in total. The lowest BCUT2D eigenvalue weighted by molar-refractivity contribution is -0.149. The van der Waals surface area contributed by atoms with E-state index in [9.17, 15) is 19.2 Å². The molecule has 0 radical (unpaired) electrons. The number of carbonyl (C=O) groups excluding carboxylic acids is 4. The maximum atomic E-state index is 12.0. The second kappa shape index (κ2) is 23.1. The zero-order valence-electron chi connectivity index (χ0n) is 32.1. The van der Waals surface area contributed by atoms with Gasteiger partial charge in [-0.25, -0.2) is 29.2 Å². The van der Waals surface area contributed by atoms with Crippen LogP contribution in [0, 0.1) is 0 Å². The van der Waals surface area contributed by atoms with Crippen LogP contribution in [0.25, 0.3) is 0 Å². The van der Waals surface area contributed by atoms with Gasteiger partial charge in [0.2, 0.25) is 17.7 Å². The van der Waals surface area contributed by atoms with Crippen molar-refractivity contribution < 1.29 is 57.1 Å². The zero-order chi connectivity index (χ0) is 40.3. The molecular weight excluding hydrogens is 696 g/mol. The van der Waals surface area contributed by atoms with Crippen molar-refractivity contribution in [3.05, 3.63) is 48.6 Å². The quantitative estimate of drug-likeness (QED) is 0.0421. The van der Waals surface area contributed by atoms with Gasteiger partial charge < -0.3 is 43.2 Å². The van der Waals surface area contributed by atoms with Crippen LogP contribution in [0.15, 0.2) is 58.6 Å². The van der Waals surface area contributed by atoms with Crippen LogP contribution in [0.5, 0.6) is 0 Å². The number of ether oxygens (including phenoxy) is 8. The molecule has 0 aliphatic carbocycles. The number of esters is 4. The smallest absolute Gasteiger partial charge is 0.333 e. The third-order valence-corrected chi connectivity index (χ3v) is 6.34. The van der Waals surface area contributed by atoms with Gasteiger partial charge in [-0.3, -0.25) is 16.0 Å². The molecule has 298 valence electrons. The Kier molecular flexibility index (Phi) is 20.3. The first-order chi connectivity index (χ1) is 24.7. The summed E-state index contributed by atoms with van der Waals surface area (Å²) in [5.41, 5.74) is 7.63. The molecule has 0 aromatic heterocycles. The summed E-state index contributed by atoms with van der Waals surface area (Å²) in [6.07, 6.45) is -2.46. The zero-order valence-corrected chi connectivity index (χ0v) is 32.1. The van der Waals surface area contributed by atoms with Crippen molar-refractivity contribution in [1.82, 2.24) is 15.5 Å². The molecule has 18 heteroatoms. The minimum atomic E-state index is -1.63. The first-order valence-corrected chi connectivity index (χ1v) is 16.7. The largest absolute Gasteiger partial charge is 0.457 e. The third kappa shape index (κ3) is 19.2. The molecule has 0 saturated heterocycles. The average molecular weight is 753 g/mol. The number of nitrogens with zero attached hydrogens (tertiary/aromatic N) is 3. The van der Waals surface area contributed by atoms with Gasteiger partial charge in [0.1, 0.15) is 51.2 Å². The summed E-state index contributed by atoms with van der Waals surface area (Å²) in [5.74, 6) is -3.63. The number of nitrogens with one attached hydrogen (secondary N) is 2. The Hall–Kier alpha value is -4.62. The normalized spacial score (nSPS) is 18.1. The van der Waals surface area contributed by atoms with E-state index in [1.165, 1.54) is 32.6 Å². The van der Waals surface area contributed by atoms with Crippen molar-refractivity contribution in [2.45, 2.75) is 85.6 Å². The minimum absolute atomic E-state index is 0.00568. The van der Waals surface area contributed by atoms with Crippen molar-refractivity contribution >= 4 is 35.8 Å². The van der Waals surface area contributed by atoms with E-state index < -0.39 is 54.1 Å². The second-order valence-corrected chi connectivity index (χ2v) is 12.7. The molecule has 53 heavy (non-hydrogen) atoms. The van der Waals surface area contributed by atoms with Crippen LogP contribution in [0.4, 0.5) is 0 Å². The lowest BCUT2D eigenvalue weighted by Crippen LogP contribution is -2.68. The van der Waals surface area contributed by atoms with E-state index in [0.717, 1.165) is 0 Å². The van der Waals surface area contributed by atoms with Crippen molar-refractivity contribution in [3.8, 4) is 0 Å². The standard InChI is InChI=1S/C35H56N6O12/c1-21(2)29(42)50-25(9)13-46-17-35(36)39-33(37-18-47-14-26(10)51-30(43)22(3)4)38-34(40-35)41(19-48-15-27(11)52-31(44)23(5)6)20-49-16-28(12)53-32(45)24(7)8/h25-28H,1,3,5,7,13-20,36H2,2,4,6,8-12H3,(H2,37,38,39,40). The summed E-state index contributed by atoms with van der Waals surface area (Å²) >= 11 is 0. The van der Waals surface area contributed by atoms with Gasteiger partial charge in [0.15, 0.2) is 0 Å². The highest BCUT2D eigenvalue weighted by Crippen LogP contribution is 2.10. The SMILES string of the molecule is C=C(C)C(=O)OC(C)COCN=C1NC(N(COCC(C)OC(=O)C(=C)C)COCC(C)OC(=O)C(=C)C)=NC(N)(COCC(C)OC(=O)C(=C)C)N1. The van der Waals surface area contributed by atoms with E-state index >= 15 is 0 Å². The summed E-state index contributed by atoms with van der Waals surface area (Å²) in [5, 5.41) is 5.98. The Bertz CT molecular complexity index is 1360. The second-order valence-electron chi connectivity index (χ2n) is 12.7. The van der Waals surface area contributed by atoms with Crippen LogP contribution in [-0.4, -0.2) is 124 Å². The monoisotopic (exact) mass is 752 g/mol. The summed E-state index contributed by atoms with van der Waals surface area (Å²) in [6, 6.07) is 0. The fourth-order valence-corrected chi connectivity index (χ4v) is 3.68. The summed E-state index contributed by atoms with van der Waals surface area (Å²) in [6.45, 7) is 26.3. The Morgan fingerprint density at radius 3 is 1.42 bits per heavy atom. The predicted octanol–water partition coefficient (Wildman–Crippen LogP) is 1.78. The van der Waals surface area contributed by atoms with Crippen LogP contribution in [0.1, 0.15) is 55.4 Å². The van der Waals surface area contributed by atoms with Gasteiger partial charge in [0.05, 0.1) is 26.4 Å². The number of rotatable bonds is 24. The molecule has 0 spiro atoms. The Balaban J connectivity index is 3.24. The van der Waals surface area contributed by atoms with Gasteiger partial charge in [-0.15, -0.1) is 0 Å². The lowest BCUT2D eigenvalue weighted by Gasteiger charge is -2.37. The maximum Gasteiger partial charge on any atom is 0.333 e. The molecule has 1 rings (SSSR count). The predicted molar refractivity (Wildman–Crippen MR) is 195 cm³/mol. The number of guanidine groups is 2. The molecule has 5 unspecified atom stereocenters. The van der Waals surface area contributed by atoms with Gasteiger partial charge in [-0.1, -0.05) is 26.3 Å². The number of nitrogens with two attached hydrogens (primary N) is 1. The van der Waals surface area contributed by atoms with Gasteiger partial charge >= 0.3 is 23.9 Å². The molecule has 0 fully saturated rings. The van der Waals surface area contributed by atoms with Gasteiger partial charge in [0, 0.05) is 22.3 Å². The first-order valence-electron chi connectivity index (χ1n) is 16.7. The molecule has 0 bridgehead atoms. The van der Waals surface area contributed by atoms with E-state index in [1.54, 1.807) is 27.7 Å². The summed E-state index contributed by atoms with van der Waals surface area (Å²) in [4.78, 5) is 58.2. The molecule has 0 amide bonds. The van der Waals surface area contributed by atoms with Crippen LogP contribution in [-0.2, 0) is 57.1 Å². The van der Waals surface area contributed by atoms with Gasteiger partial charge in [-0.05, 0) is 55.4 Å². The van der Waals surface area contributed by atoms with Crippen molar-refractivity contribution in [1.29, 1.82) is 0 Å². The van der Waals surface area contributed by atoms with E-state index in [4.69, 9.17) is 43.6 Å². The summed E-state index contributed by atoms with van der Waals surface area (Å²) < 4.78 is 44.2. The van der Waals surface area contributed by atoms with Gasteiger partial charge in [0.25, 0.3) is 0 Å². The fraction of sp³-hybridized carbons (Fsp3) is 0.600. The van der Waals surface area contributed by atoms with Crippen LogP contribution < -0.4 is 16.4 Å². The van der Waals surface area contributed by atoms with Crippen molar-refractivity contribution in [2.75, 3.05) is 53.2 Å². The molecule has 1 heterocycles. The number of aliphatic imine (C=N–C) groups is 2. The fourth-order valence-electron chi connectivity index (χ4n) is 3.68. The lowest BCUT2D eigenvalue weighted by atomic mass is 10.3. The Labute approximate surface area is 311 Å². The van der Waals surface area contributed by atoms with E-state index in [2.05, 4.69) is 46.9 Å². The number of hydrogen-bond donors (Lipinski definition) is 3. The maximum absolute atomic E-state index is 12.0. The van der Waals surface area contributed by atoms with Crippen LogP contribution in [0.3, 0.4) is 0 Å². The Morgan fingerprint density at radius 1 is 0.679 bits per heavy atom. The molecule has 0 saturated carbocycles. The van der Waals surface area contributed by atoms with Crippen LogP contribution >= 0.6 is 0 Å². The van der Waals surface area contributed by atoms with Crippen LogP contribution in [0.2, 0.25) is 0 Å². The first kappa shape index (κ1) is 46.4. The number of hydrogen-bond acceptors (Lipinski definition) is 16. The van der Waals surface area contributed by atoms with Gasteiger partial charge in [-0.2, -0.15) is 0 Å². The molecule has 1 aliphatic heterocycles. The topological polar surface area (TPSA) is 220 Å². The molecule has 5 atom stereocenters. The molecular formula is C35H56N6O12. The average Bonchev–Trinajstić information content (AvgIpc) is 3.05. The molecule has 0 aromatic rings. The number of carbonyl (C=O) groups is 4. The highest BCUT2D eigenvalue weighted by atomic mass is 16.6. The van der Waals surface area contributed by atoms with E-state index in [-0.39, 0.29) is 87.4 Å². The minimum Gasteiger partial charge on any atom is -0.457 e. The molecule has 0 aromatic carbocycles. The highest BCUT2D eigenvalue weighted by molar-refractivity contribution is 6.01. The van der Waals surface area contributed by atoms with Crippen molar-refractivity contribution in [2.24, 2.45) is 15.7 Å². The third-order valence-electron chi connectivity index (χ3n) is 6.34. The van der Waals surface area contributed by atoms with E-state index in [0.29, 0.717) is 0 Å². The molecule has 1 aliphatic rings. The van der Waals surface area contributed by atoms with E-state index in [1.807, 2.05) is 0 Å².